The quantitative estimate of drug-likeness (QED) is 0.582. The molecule has 3 heterocycles. The fourth-order valence-electron chi connectivity index (χ4n) is 5.81. The molecule has 0 aromatic heterocycles. The van der Waals surface area contributed by atoms with Crippen molar-refractivity contribution < 1.29 is 14.4 Å². The summed E-state index contributed by atoms with van der Waals surface area (Å²) >= 11 is 0. The first-order chi connectivity index (χ1) is 17.4. The molecule has 1 fully saturated rings. The molecule has 0 bridgehead atoms. The number of likely N-dealkylation sites (tertiary alicyclic amines) is 1. The smallest absolute Gasteiger partial charge is 0.278 e. The summed E-state index contributed by atoms with van der Waals surface area (Å²) in [7, 11) is 1.72. The molecule has 3 amide bonds. The molecule has 0 radical (unpaired) electrons. The molecule has 3 aliphatic heterocycles. The Labute approximate surface area is 210 Å². The van der Waals surface area contributed by atoms with Gasteiger partial charge in [0, 0.05) is 42.1 Å². The normalized spacial score (nSPS) is 22.9. The van der Waals surface area contributed by atoms with Gasteiger partial charge < -0.3 is 15.1 Å². The number of fused-ring (bicyclic) bond motifs is 3. The Morgan fingerprint density at radius 3 is 2.44 bits per heavy atom. The summed E-state index contributed by atoms with van der Waals surface area (Å²) in [4.78, 5) is 46.2. The number of likely N-dealkylation sites (N-methyl/N-ethyl adjacent to an activating group) is 1. The van der Waals surface area contributed by atoms with Crippen LogP contribution in [0.15, 0.2) is 72.8 Å². The van der Waals surface area contributed by atoms with Crippen molar-refractivity contribution in [1.29, 1.82) is 0 Å². The first-order valence-electron chi connectivity index (χ1n) is 12.4. The van der Waals surface area contributed by atoms with Crippen molar-refractivity contribution in [3.8, 4) is 0 Å². The lowest BCUT2D eigenvalue weighted by atomic mass is 9.92. The Morgan fingerprint density at radius 2 is 1.67 bits per heavy atom. The highest BCUT2D eigenvalue weighted by atomic mass is 16.2. The van der Waals surface area contributed by atoms with Gasteiger partial charge in [0.2, 0.25) is 5.66 Å². The van der Waals surface area contributed by atoms with E-state index in [-0.39, 0.29) is 23.8 Å². The lowest BCUT2D eigenvalue weighted by Gasteiger charge is -2.45. The van der Waals surface area contributed by atoms with Crippen molar-refractivity contribution in [2.45, 2.75) is 37.9 Å². The van der Waals surface area contributed by atoms with Crippen LogP contribution in [0.2, 0.25) is 0 Å². The van der Waals surface area contributed by atoms with Gasteiger partial charge in [-0.15, -0.1) is 0 Å². The molecule has 0 saturated carbocycles. The molecule has 3 aliphatic rings. The Morgan fingerprint density at radius 1 is 0.944 bits per heavy atom. The molecule has 1 saturated heterocycles. The number of nitrogens with zero attached hydrogens (tertiary/aromatic N) is 3. The molecule has 6 rings (SSSR count). The number of benzene rings is 3. The molecule has 1 spiro atoms. The van der Waals surface area contributed by atoms with Gasteiger partial charge >= 0.3 is 0 Å². The SMILES string of the molecule is C[C@H]1CCCCN1C(=O)c1ccc(N2C(=O)c3ccccc3N[C@@]23C(=O)N(C)c2ccccc23)cc1. The number of carbonyl (C=O) groups excluding carboxylic acids is 3. The molecule has 36 heavy (non-hydrogen) atoms. The summed E-state index contributed by atoms with van der Waals surface area (Å²) in [5.41, 5.74) is 2.26. The number of anilines is 3. The van der Waals surface area contributed by atoms with E-state index in [1.165, 1.54) is 4.90 Å². The number of nitrogens with one attached hydrogen (secondary N) is 1. The van der Waals surface area contributed by atoms with Crippen LogP contribution >= 0.6 is 0 Å². The van der Waals surface area contributed by atoms with Crippen LogP contribution in [-0.2, 0) is 10.5 Å². The highest BCUT2D eigenvalue weighted by molar-refractivity contribution is 6.22. The monoisotopic (exact) mass is 480 g/mol. The van der Waals surface area contributed by atoms with Crippen molar-refractivity contribution >= 4 is 34.8 Å². The second-order valence-corrected chi connectivity index (χ2v) is 9.79. The number of rotatable bonds is 2. The second kappa shape index (κ2) is 8.22. The third kappa shape index (κ3) is 3.08. The van der Waals surface area contributed by atoms with Crippen LogP contribution in [0.4, 0.5) is 17.1 Å². The lowest BCUT2D eigenvalue weighted by molar-refractivity contribution is -0.121. The highest BCUT2D eigenvalue weighted by Gasteiger charge is 2.58. The minimum atomic E-state index is -1.43. The summed E-state index contributed by atoms with van der Waals surface area (Å²) < 4.78 is 0. The van der Waals surface area contributed by atoms with E-state index >= 15 is 0 Å². The summed E-state index contributed by atoms with van der Waals surface area (Å²) in [6.45, 7) is 2.85. The summed E-state index contributed by atoms with van der Waals surface area (Å²) in [6.07, 6.45) is 3.16. The van der Waals surface area contributed by atoms with Crippen molar-refractivity contribution in [2.75, 3.05) is 28.7 Å². The molecular weight excluding hydrogens is 452 g/mol. The minimum Gasteiger partial charge on any atom is -0.350 e. The molecule has 0 aliphatic carbocycles. The van der Waals surface area contributed by atoms with Gasteiger partial charge in [-0.25, -0.2) is 0 Å². The van der Waals surface area contributed by atoms with E-state index in [9.17, 15) is 14.4 Å². The number of piperidine rings is 1. The van der Waals surface area contributed by atoms with E-state index in [0.717, 1.165) is 31.5 Å². The fourth-order valence-corrected chi connectivity index (χ4v) is 5.81. The Kier molecular flexibility index (Phi) is 5.10. The molecular formula is C29H28N4O3. The van der Waals surface area contributed by atoms with Gasteiger partial charge in [0.1, 0.15) is 0 Å². The summed E-state index contributed by atoms with van der Waals surface area (Å²) in [5.74, 6) is -0.515. The van der Waals surface area contributed by atoms with Crippen LogP contribution in [-0.4, -0.2) is 42.3 Å². The number of hydrogen-bond acceptors (Lipinski definition) is 4. The molecule has 1 N–H and O–H groups in total. The maximum Gasteiger partial charge on any atom is 0.278 e. The molecule has 7 nitrogen and oxygen atoms in total. The average molecular weight is 481 g/mol. The Hall–Kier alpha value is -4.13. The number of amides is 3. The Bertz CT molecular complexity index is 1390. The van der Waals surface area contributed by atoms with Crippen molar-refractivity contribution in [2.24, 2.45) is 0 Å². The van der Waals surface area contributed by atoms with Crippen LogP contribution < -0.4 is 15.1 Å². The van der Waals surface area contributed by atoms with Crippen molar-refractivity contribution in [3.63, 3.8) is 0 Å². The maximum atomic E-state index is 14.0. The van der Waals surface area contributed by atoms with E-state index in [4.69, 9.17) is 0 Å². The fraction of sp³-hybridized carbons (Fsp3) is 0.276. The predicted molar refractivity (Wildman–Crippen MR) is 139 cm³/mol. The van der Waals surface area contributed by atoms with E-state index in [1.54, 1.807) is 42.3 Å². The van der Waals surface area contributed by atoms with Gasteiger partial charge in [0.15, 0.2) is 0 Å². The zero-order chi connectivity index (χ0) is 25.0. The number of para-hydroxylation sites is 2. The van der Waals surface area contributed by atoms with Crippen molar-refractivity contribution in [3.05, 3.63) is 89.5 Å². The zero-order valence-electron chi connectivity index (χ0n) is 20.4. The van der Waals surface area contributed by atoms with E-state index in [1.807, 2.05) is 47.4 Å². The number of carbonyl (C=O) groups is 3. The van der Waals surface area contributed by atoms with E-state index < -0.39 is 5.66 Å². The summed E-state index contributed by atoms with van der Waals surface area (Å²) in [6, 6.07) is 22.0. The van der Waals surface area contributed by atoms with Crippen LogP contribution in [0.3, 0.4) is 0 Å². The molecule has 7 heteroatoms. The van der Waals surface area contributed by atoms with Crippen molar-refractivity contribution in [1.82, 2.24) is 4.90 Å². The van der Waals surface area contributed by atoms with Crippen LogP contribution in [0.25, 0.3) is 0 Å². The topological polar surface area (TPSA) is 73.0 Å². The molecule has 182 valence electrons. The Balaban J connectivity index is 1.46. The summed E-state index contributed by atoms with van der Waals surface area (Å²) in [5, 5.41) is 3.42. The molecule has 0 unspecified atom stereocenters. The number of hydrogen-bond donors (Lipinski definition) is 1. The highest BCUT2D eigenvalue weighted by Crippen LogP contribution is 2.49. The second-order valence-electron chi connectivity index (χ2n) is 9.79. The van der Waals surface area contributed by atoms with Crippen LogP contribution in [0, 0.1) is 0 Å². The lowest BCUT2D eigenvalue weighted by Crippen LogP contribution is -2.62. The average Bonchev–Trinajstić information content (AvgIpc) is 3.11. The first kappa shape index (κ1) is 22.3. The molecule has 3 aromatic carbocycles. The van der Waals surface area contributed by atoms with Gasteiger partial charge in [0.25, 0.3) is 17.7 Å². The van der Waals surface area contributed by atoms with Crippen LogP contribution in [0.1, 0.15) is 52.5 Å². The van der Waals surface area contributed by atoms with Gasteiger partial charge in [0.05, 0.1) is 11.3 Å². The van der Waals surface area contributed by atoms with E-state index in [2.05, 4.69) is 12.2 Å². The van der Waals surface area contributed by atoms with Gasteiger partial charge in [-0.1, -0.05) is 30.3 Å². The zero-order valence-corrected chi connectivity index (χ0v) is 20.4. The van der Waals surface area contributed by atoms with Gasteiger partial charge in [-0.2, -0.15) is 0 Å². The minimum absolute atomic E-state index is 0.000994. The van der Waals surface area contributed by atoms with E-state index in [0.29, 0.717) is 28.1 Å². The third-order valence-electron chi connectivity index (χ3n) is 7.72. The maximum absolute atomic E-state index is 14.0. The van der Waals surface area contributed by atoms with Gasteiger partial charge in [-0.05, 0) is 68.7 Å². The predicted octanol–water partition coefficient (Wildman–Crippen LogP) is 4.60. The molecule has 3 aromatic rings. The van der Waals surface area contributed by atoms with Gasteiger partial charge in [-0.3, -0.25) is 19.3 Å². The molecule has 2 atom stereocenters. The largest absolute Gasteiger partial charge is 0.350 e. The van der Waals surface area contributed by atoms with Crippen LogP contribution in [0.5, 0.6) is 0 Å². The first-order valence-corrected chi connectivity index (χ1v) is 12.4. The standard InChI is InChI=1S/C29H28N4O3/c1-19-9-7-8-18-32(19)26(34)20-14-16-21(17-15-20)33-27(35)22-10-3-5-12-24(22)30-29(33)23-11-4-6-13-25(23)31(2)28(29)36/h3-6,10-17,19,30H,7-9,18H2,1-2H3/t19-,29+/m0/s1. The third-order valence-corrected chi connectivity index (χ3v) is 7.72.